The van der Waals surface area contributed by atoms with E-state index in [1.165, 1.54) is 55.1 Å². The zero-order valence-electron chi connectivity index (χ0n) is 21.9. The lowest BCUT2D eigenvalue weighted by Crippen LogP contribution is -1.95. The fourth-order valence-corrected chi connectivity index (χ4v) is 7.16. The molecule has 5 aromatic heterocycles. The van der Waals surface area contributed by atoms with E-state index < -0.39 is 0 Å². The maximum Gasteiger partial charge on any atom is 0.178 e. The topological polar surface area (TPSA) is 48.0 Å². The summed E-state index contributed by atoms with van der Waals surface area (Å²) >= 11 is 0. The van der Waals surface area contributed by atoms with Crippen LogP contribution in [0.4, 0.5) is 0 Å². The Balaban J connectivity index is 1.31. The molecular formula is C36H21N5. The van der Waals surface area contributed by atoms with Crippen molar-refractivity contribution in [3.63, 3.8) is 0 Å². The summed E-state index contributed by atoms with van der Waals surface area (Å²) in [7, 11) is 0. The molecule has 0 radical (unpaired) electrons. The lowest BCUT2D eigenvalue weighted by atomic mass is 9.98. The van der Waals surface area contributed by atoms with Gasteiger partial charge < -0.3 is 4.57 Å². The lowest BCUT2D eigenvalue weighted by molar-refractivity contribution is 1.18. The molecule has 0 spiro atoms. The quantitative estimate of drug-likeness (QED) is 0.204. The molecule has 0 unspecified atom stereocenters. The summed E-state index contributed by atoms with van der Waals surface area (Å²) in [5.41, 5.74) is 12.5. The average Bonchev–Trinajstić information content (AvgIpc) is 3.70. The molecule has 0 aliphatic heterocycles. The van der Waals surface area contributed by atoms with E-state index in [-0.39, 0.29) is 0 Å². The number of imidazole rings is 1. The highest BCUT2D eigenvalue weighted by Crippen LogP contribution is 2.46. The molecule has 5 nitrogen and oxygen atoms in total. The second kappa shape index (κ2) is 7.55. The summed E-state index contributed by atoms with van der Waals surface area (Å²) in [6.45, 7) is 0. The van der Waals surface area contributed by atoms with Gasteiger partial charge in [-0.25, -0.2) is 15.0 Å². The van der Waals surface area contributed by atoms with Crippen molar-refractivity contribution in [1.82, 2.24) is 23.9 Å². The van der Waals surface area contributed by atoms with Gasteiger partial charge in [0.15, 0.2) is 5.65 Å². The molecule has 9 aromatic rings. The van der Waals surface area contributed by atoms with Crippen molar-refractivity contribution in [2.24, 2.45) is 0 Å². The van der Waals surface area contributed by atoms with Crippen molar-refractivity contribution in [3.05, 3.63) is 127 Å². The Morgan fingerprint density at radius 2 is 1.37 bits per heavy atom. The second-order valence-electron chi connectivity index (χ2n) is 10.9. The van der Waals surface area contributed by atoms with Gasteiger partial charge in [-0.2, -0.15) is 0 Å². The van der Waals surface area contributed by atoms with Crippen LogP contribution in [0.25, 0.3) is 77.2 Å². The first-order chi connectivity index (χ1) is 20.3. The zero-order valence-corrected chi connectivity index (χ0v) is 21.9. The Bertz CT molecular complexity index is 2550. The molecule has 0 atom stereocenters. The van der Waals surface area contributed by atoms with Crippen LogP contribution in [0.3, 0.4) is 0 Å². The first-order valence-electron chi connectivity index (χ1n) is 13.9. The molecule has 190 valence electrons. The highest BCUT2D eigenvalue weighted by atomic mass is 15.1. The van der Waals surface area contributed by atoms with Gasteiger partial charge in [-0.05, 0) is 94.7 Å². The summed E-state index contributed by atoms with van der Waals surface area (Å²) in [4.78, 5) is 14.4. The van der Waals surface area contributed by atoms with Crippen LogP contribution in [0.1, 0.15) is 11.1 Å². The molecular weight excluding hydrogens is 502 g/mol. The number of para-hydroxylation sites is 2. The first kappa shape index (κ1) is 21.3. The molecule has 1 aliphatic carbocycles. The molecule has 0 bridgehead atoms. The maximum atomic E-state index is 5.00. The summed E-state index contributed by atoms with van der Waals surface area (Å²) in [5.74, 6) is 0. The number of pyridine rings is 3. The Morgan fingerprint density at radius 3 is 2.32 bits per heavy atom. The van der Waals surface area contributed by atoms with Gasteiger partial charge in [0.2, 0.25) is 0 Å². The van der Waals surface area contributed by atoms with E-state index in [9.17, 15) is 0 Å². The fourth-order valence-electron chi connectivity index (χ4n) is 7.16. The smallest absolute Gasteiger partial charge is 0.178 e. The number of benzene rings is 4. The van der Waals surface area contributed by atoms with Crippen molar-refractivity contribution < 1.29 is 0 Å². The molecule has 10 rings (SSSR count). The number of hydrogen-bond donors (Lipinski definition) is 0. The van der Waals surface area contributed by atoms with Crippen LogP contribution in [0, 0.1) is 0 Å². The van der Waals surface area contributed by atoms with Gasteiger partial charge in [-0.3, -0.25) is 4.40 Å². The number of fused-ring (bicyclic) bond motifs is 15. The Morgan fingerprint density at radius 1 is 0.561 bits per heavy atom. The van der Waals surface area contributed by atoms with E-state index in [4.69, 9.17) is 9.97 Å². The van der Waals surface area contributed by atoms with Crippen LogP contribution < -0.4 is 0 Å². The van der Waals surface area contributed by atoms with Crippen LogP contribution >= 0.6 is 0 Å². The van der Waals surface area contributed by atoms with Crippen LogP contribution in [0.5, 0.6) is 0 Å². The summed E-state index contributed by atoms with van der Waals surface area (Å²) < 4.78 is 4.57. The monoisotopic (exact) mass is 523 g/mol. The number of nitrogens with zero attached hydrogens (tertiary/aromatic N) is 5. The minimum atomic E-state index is 0.742. The van der Waals surface area contributed by atoms with Gasteiger partial charge in [-0.1, -0.05) is 42.5 Å². The molecule has 41 heavy (non-hydrogen) atoms. The number of hydrogen-bond acceptors (Lipinski definition) is 3. The summed E-state index contributed by atoms with van der Waals surface area (Å²) in [5, 5.41) is 6.07. The van der Waals surface area contributed by atoms with Gasteiger partial charge in [0.25, 0.3) is 0 Å². The number of rotatable bonds is 1. The molecule has 1 aliphatic rings. The van der Waals surface area contributed by atoms with Gasteiger partial charge in [0.05, 0.1) is 16.6 Å². The molecule has 0 N–H and O–H groups in total. The Kier molecular flexibility index (Phi) is 3.92. The molecule has 0 saturated heterocycles. The van der Waals surface area contributed by atoms with Crippen molar-refractivity contribution in [2.75, 3.05) is 0 Å². The molecule has 5 heteroatoms. The van der Waals surface area contributed by atoms with Crippen molar-refractivity contribution >= 4 is 60.4 Å². The SMILES string of the molecule is c1ccc(-n2c3ccccc3c3c4c(ccc32)-c2cc3c5cccnc5n5c6cccnc6nc5c3cc2C4)cc1. The second-order valence-corrected chi connectivity index (χ2v) is 10.9. The van der Waals surface area contributed by atoms with Gasteiger partial charge >= 0.3 is 0 Å². The predicted octanol–water partition coefficient (Wildman–Crippen LogP) is 8.25. The van der Waals surface area contributed by atoms with Crippen LogP contribution in [0.15, 0.2) is 116 Å². The van der Waals surface area contributed by atoms with Gasteiger partial charge in [0.1, 0.15) is 11.3 Å². The third-order valence-corrected chi connectivity index (χ3v) is 8.82. The largest absolute Gasteiger partial charge is 0.309 e. The van der Waals surface area contributed by atoms with E-state index in [2.05, 4.69) is 105 Å². The van der Waals surface area contributed by atoms with Crippen LogP contribution in [-0.2, 0) is 6.42 Å². The van der Waals surface area contributed by atoms with E-state index in [0.29, 0.717) is 0 Å². The average molecular weight is 524 g/mol. The number of aromatic nitrogens is 5. The van der Waals surface area contributed by atoms with E-state index in [0.717, 1.165) is 39.7 Å². The fraction of sp³-hybridized carbons (Fsp3) is 0.0278. The van der Waals surface area contributed by atoms with Crippen molar-refractivity contribution in [3.8, 4) is 16.8 Å². The van der Waals surface area contributed by atoms with E-state index in [1.54, 1.807) is 6.20 Å². The minimum absolute atomic E-state index is 0.742. The first-order valence-corrected chi connectivity index (χ1v) is 13.9. The zero-order chi connectivity index (χ0) is 26.7. The van der Waals surface area contributed by atoms with Crippen molar-refractivity contribution in [2.45, 2.75) is 6.42 Å². The van der Waals surface area contributed by atoms with Crippen LogP contribution in [0.2, 0.25) is 0 Å². The van der Waals surface area contributed by atoms with Crippen LogP contribution in [-0.4, -0.2) is 23.9 Å². The standard InChI is InChI=1S/C36H21N5/c1-2-8-22(9-3-1)40-30-12-5-4-10-25(30)33-28-18-21-19-29-27(20-26(21)23(28)14-15-31(33)40)24-11-6-17-38-35(24)41-32-13-7-16-37-34(32)39-36(29)41/h1-17,19-20H,18H2. The molecule has 0 fully saturated rings. The van der Waals surface area contributed by atoms with Crippen molar-refractivity contribution in [1.29, 1.82) is 0 Å². The predicted molar refractivity (Wildman–Crippen MR) is 166 cm³/mol. The minimum Gasteiger partial charge on any atom is -0.309 e. The summed E-state index contributed by atoms with van der Waals surface area (Å²) in [6, 6.07) is 37.0. The van der Waals surface area contributed by atoms with E-state index >= 15 is 0 Å². The maximum absolute atomic E-state index is 5.00. The Hall–Kier alpha value is -5.55. The third-order valence-electron chi connectivity index (χ3n) is 8.82. The van der Waals surface area contributed by atoms with Gasteiger partial charge in [0, 0.05) is 39.6 Å². The third kappa shape index (κ3) is 2.68. The van der Waals surface area contributed by atoms with E-state index in [1.807, 2.05) is 18.3 Å². The highest BCUT2D eigenvalue weighted by molar-refractivity contribution is 6.17. The molecule has 5 heterocycles. The lowest BCUT2D eigenvalue weighted by Gasteiger charge is -2.11. The summed E-state index contributed by atoms with van der Waals surface area (Å²) in [6.07, 6.45) is 4.55. The normalized spacial score (nSPS) is 12.8. The van der Waals surface area contributed by atoms with Gasteiger partial charge in [-0.15, -0.1) is 0 Å². The molecule has 0 amide bonds. The molecule has 4 aromatic carbocycles. The molecule has 0 saturated carbocycles. The highest BCUT2D eigenvalue weighted by Gasteiger charge is 2.26. The Labute approximate surface area is 234 Å².